The van der Waals surface area contributed by atoms with Gasteiger partial charge in [-0.15, -0.1) is 0 Å². The Morgan fingerprint density at radius 1 is 1.10 bits per heavy atom. The number of ether oxygens (including phenoxy) is 4. The number of aldehydes is 1. The maximum absolute atomic E-state index is 11.2. The third-order valence-corrected chi connectivity index (χ3v) is 2.70. The van der Waals surface area contributed by atoms with Gasteiger partial charge in [-0.3, -0.25) is 4.79 Å². The van der Waals surface area contributed by atoms with Gasteiger partial charge in [-0.05, 0) is 24.3 Å². The topological polar surface area (TPSA) is 67.1 Å². The van der Waals surface area contributed by atoms with Gasteiger partial charge in [0.15, 0.2) is 19.9 Å². The predicted molar refractivity (Wildman–Crippen MR) is 74.5 cm³/mol. The molecule has 0 fully saturated rings. The van der Waals surface area contributed by atoms with Crippen LogP contribution in [0.2, 0.25) is 0 Å². The van der Waals surface area contributed by atoms with Gasteiger partial charge in [-0.1, -0.05) is 0 Å². The van der Waals surface area contributed by atoms with Crippen molar-refractivity contribution in [1.29, 1.82) is 0 Å². The van der Waals surface area contributed by atoms with Crippen molar-refractivity contribution >= 4 is 6.29 Å². The number of hydrogen-bond donors (Lipinski definition) is 0. The van der Waals surface area contributed by atoms with Crippen LogP contribution in [0.3, 0.4) is 0 Å². The molecule has 1 heterocycles. The van der Waals surface area contributed by atoms with E-state index in [1.54, 1.807) is 24.3 Å². The quantitative estimate of drug-likeness (QED) is 0.550. The highest BCUT2D eigenvalue weighted by Gasteiger charge is 2.20. The highest BCUT2D eigenvalue weighted by Crippen LogP contribution is 2.40. The van der Waals surface area contributed by atoms with Crippen LogP contribution >= 0.6 is 0 Å². The lowest BCUT2D eigenvalue weighted by atomic mass is 10.1. The zero-order valence-corrected chi connectivity index (χ0v) is 11.8. The Kier molecular flexibility index (Phi) is 5.36. The average Bonchev–Trinajstić information content (AvgIpc) is 3.04. The van der Waals surface area contributed by atoms with Crippen molar-refractivity contribution in [3.63, 3.8) is 0 Å². The van der Waals surface area contributed by atoms with Crippen LogP contribution in [0.1, 0.15) is 10.4 Å². The highest BCUT2D eigenvalue weighted by molar-refractivity contribution is 5.87. The van der Waals surface area contributed by atoms with Crippen LogP contribution in [0.15, 0.2) is 34.9 Å². The smallest absolute Gasteiger partial charge is 0.188 e. The van der Waals surface area contributed by atoms with Crippen molar-refractivity contribution in [3.8, 4) is 22.8 Å². The number of methoxy groups -OCH3 is 2. The van der Waals surface area contributed by atoms with E-state index in [0.29, 0.717) is 34.7 Å². The summed E-state index contributed by atoms with van der Waals surface area (Å²) in [5, 5.41) is 0. The second kappa shape index (κ2) is 7.47. The second-order valence-corrected chi connectivity index (χ2v) is 4.05. The Balaban J connectivity index is 2.53. The lowest BCUT2D eigenvalue weighted by Crippen LogP contribution is -2.06. The molecule has 0 saturated heterocycles. The molecule has 0 saturated carbocycles. The minimum absolute atomic E-state index is 0.00226. The Hall–Kier alpha value is -2.31. The van der Waals surface area contributed by atoms with Gasteiger partial charge < -0.3 is 23.4 Å². The Labute approximate surface area is 122 Å². The fraction of sp³-hybridized carbons (Fsp3) is 0.267. The SMILES string of the molecule is COCOc1ccc(C=O)c(OCOC)c1-c1ccco1. The van der Waals surface area contributed by atoms with Gasteiger partial charge in [0.05, 0.1) is 11.8 Å². The van der Waals surface area contributed by atoms with Gasteiger partial charge >= 0.3 is 0 Å². The summed E-state index contributed by atoms with van der Waals surface area (Å²) in [6, 6.07) is 6.77. The van der Waals surface area contributed by atoms with Crippen molar-refractivity contribution < 1.29 is 28.2 Å². The second-order valence-electron chi connectivity index (χ2n) is 4.05. The normalized spacial score (nSPS) is 10.4. The molecule has 0 spiro atoms. The molecule has 0 unspecified atom stereocenters. The highest BCUT2D eigenvalue weighted by atomic mass is 16.7. The van der Waals surface area contributed by atoms with Gasteiger partial charge in [-0.25, -0.2) is 0 Å². The van der Waals surface area contributed by atoms with E-state index in [1.165, 1.54) is 20.5 Å². The first kappa shape index (κ1) is 15.1. The van der Waals surface area contributed by atoms with Crippen LogP contribution in [0.25, 0.3) is 11.3 Å². The molecular formula is C15H16O6. The lowest BCUT2D eigenvalue weighted by Gasteiger charge is -2.16. The monoisotopic (exact) mass is 292 g/mol. The Morgan fingerprint density at radius 3 is 2.48 bits per heavy atom. The molecule has 6 nitrogen and oxygen atoms in total. The molecule has 2 aromatic rings. The largest absolute Gasteiger partial charge is 0.467 e. The fourth-order valence-corrected chi connectivity index (χ4v) is 1.84. The minimum atomic E-state index is 0.00226. The molecule has 21 heavy (non-hydrogen) atoms. The van der Waals surface area contributed by atoms with Crippen molar-refractivity contribution in [2.75, 3.05) is 27.8 Å². The molecular weight excluding hydrogens is 276 g/mol. The maximum atomic E-state index is 11.2. The number of rotatable bonds is 8. The summed E-state index contributed by atoms with van der Waals surface area (Å²) in [6.07, 6.45) is 2.24. The summed E-state index contributed by atoms with van der Waals surface area (Å²) >= 11 is 0. The molecule has 0 radical (unpaired) electrons. The van der Waals surface area contributed by atoms with Crippen LogP contribution in [-0.2, 0) is 9.47 Å². The minimum Gasteiger partial charge on any atom is -0.467 e. The van der Waals surface area contributed by atoms with Crippen LogP contribution in [0.5, 0.6) is 11.5 Å². The number of furan rings is 1. The molecule has 0 aliphatic heterocycles. The number of carbonyl (C=O) groups excluding carboxylic acids is 1. The number of benzene rings is 1. The van der Waals surface area contributed by atoms with E-state index in [2.05, 4.69) is 0 Å². The van der Waals surface area contributed by atoms with Crippen LogP contribution in [-0.4, -0.2) is 34.1 Å². The van der Waals surface area contributed by atoms with Crippen molar-refractivity contribution in [1.82, 2.24) is 0 Å². The Morgan fingerprint density at radius 2 is 1.86 bits per heavy atom. The number of hydrogen-bond acceptors (Lipinski definition) is 6. The van der Waals surface area contributed by atoms with E-state index in [1.807, 2.05) is 0 Å². The molecule has 0 aliphatic carbocycles. The number of carbonyl (C=O) groups is 1. The Bertz CT molecular complexity index is 576. The van der Waals surface area contributed by atoms with E-state index in [4.69, 9.17) is 23.4 Å². The van der Waals surface area contributed by atoms with E-state index in [-0.39, 0.29) is 13.6 Å². The first-order valence-electron chi connectivity index (χ1n) is 6.21. The molecule has 0 amide bonds. The molecule has 0 atom stereocenters. The molecule has 0 N–H and O–H groups in total. The lowest BCUT2D eigenvalue weighted by molar-refractivity contribution is 0.0464. The zero-order valence-electron chi connectivity index (χ0n) is 11.8. The van der Waals surface area contributed by atoms with Gasteiger partial charge in [0, 0.05) is 14.2 Å². The average molecular weight is 292 g/mol. The van der Waals surface area contributed by atoms with E-state index >= 15 is 0 Å². The summed E-state index contributed by atoms with van der Waals surface area (Å²) in [5.74, 6) is 1.36. The van der Waals surface area contributed by atoms with Crippen molar-refractivity contribution in [3.05, 3.63) is 36.1 Å². The molecule has 1 aromatic heterocycles. The molecule has 0 aliphatic rings. The van der Waals surface area contributed by atoms with Crippen LogP contribution in [0, 0.1) is 0 Å². The predicted octanol–water partition coefficient (Wildman–Crippen LogP) is 2.72. The van der Waals surface area contributed by atoms with Gasteiger partial charge in [0.2, 0.25) is 0 Å². The first-order chi connectivity index (χ1) is 10.3. The van der Waals surface area contributed by atoms with Crippen molar-refractivity contribution in [2.24, 2.45) is 0 Å². The molecule has 0 bridgehead atoms. The van der Waals surface area contributed by atoms with Crippen LogP contribution in [0.4, 0.5) is 0 Å². The fourth-order valence-electron chi connectivity index (χ4n) is 1.84. The summed E-state index contributed by atoms with van der Waals surface area (Å²) in [4.78, 5) is 11.2. The van der Waals surface area contributed by atoms with Gasteiger partial charge in [0.1, 0.15) is 22.8 Å². The van der Waals surface area contributed by atoms with Crippen LogP contribution < -0.4 is 9.47 Å². The third-order valence-electron chi connectivity index (χ3n) is 2.70. The van der Waals surface area contributed by atoms with Crippen molar-refractivity contribution in [2.45, 2.75) is 0 Å². The third kappa shape index (κ3) is 3.42. The van der Waals surface area contributed by atoms with E-state index < -0.39 is 0 Å². The zero-order chi connectivity index (χ0) is 15.1. The maximum Gasteiger partial charge on any atom is 0.188 e. The molecule has 112 valence electrons. The first-order valence-corrected chi connectivity index (χ1v) is 6.21. The summed E-state index contributed by atoms with van der Waals surface area (Å²) in [5.41, 5.74) is 0.918. The molecule has 2 rings (SSSR count). The van der Waals surface area contributed by atoms with Gasteiger partial charge in [0.25, 0.3) is 0 Å². The summed E-state index contributed by atoms with van der Waals surface area (Å²) in [7, 11) is 3.02. The standard InChI is InChI=1S/C15H16O6/c1-17-9-20-13-6-5-11(8-16)15(21-10-18-2)14(13)12-4-3-7-19-12/h3-8H,9-10H2,1-2H3. The van der Waals surface area contributed by atoms with Gasteiger partial charge in [-0.2, -0.15) is 0 Å². The van der Waals surface area contributed by atoms with E-state index in [9.17, 15) is 4.79 Å². The molecule has 6 heteroatoms. The summed E-state index contributed by atoms with van der Waals surface area (Å²) in [6.45, 7) is 0.0696. The molecule has 1 aromatic carbocycles. The van der Waals surface area contributed by atoms with E-state index in [0.717, 1.165) is 0 Å². The summed E-state index contributed by atoms with van der Waals surface area (Å²) < 4.78 is 26.2.